The van der Waals surface area contributed by atoms with Gasteiger partial charge in [-0.3, -0.25) is 9.59 Å². The first-order valence-corrected chi connectivity index (χ1v) is 9.00. The fourth-order valence-electron chi connectivity index (χ4n) is 3.10. The number of ether oxygens (including phenoxy) is 1. The Labute approximate surface area is 165 Å². The summed E-state index contributed by atoms with van der Waals surface area (Å²) in [6, 6.07) is 10.7. The fourth-order valence-corrected chi connectivity index (χ4v) is 3.10. The molecule has 0 aromatic heterocycles. The molecule has 6 nitrogen and oxygen atoms in total. The summed E-state index contributed by atoms with van der Waals surface area (Å²) >= 11 is 0. The number of rotatable bonds is 6. The lowest BCUT2D eigenvalue weighted by Gasteiger charge is -2.18. The number of methoxy groups -OCH3 is 1. The SMILES string of the molecule is COC(=O)c1cccc(CC(=O)N(C)CC(=O)Nc2c(C)cc(C)cc2C)c1. The number of carbonyl (C=O) groups is 3. The second kappa shape index (κ2) is 9.17. The molecule has 0 bridgehead atoms. The number of amides is 2. The predicted molar refractivity (Wildman–Crippen MR) is 108 cm³/mol. The number of nitrogens with zero attached hydrogens (tertiary/aromatic N) is 1. The molecule has 0 atom stereocenters. The molecule has 28 heavy (non-hydrogen) atoms. The molecule has 6 heteroatoms. The highest BCUT2D eigenvalue weighted by molar-refractivity contribution is 5.96. The van der Waals surface area contributed by atoms with Crippen LogP contribution in [0.15, 0.2) is 36.4 Å². The molecule has 1 N–H and O–H groups in total. The summed E-state index contributed by atoms with van der Waals surface area (Å²) in [5.74, 6) is -0.922. The summed E-state index contributed by atoms with van der Waals surface area (Å²) in [5, 5.41) is 2.89. The van der Waals surface area contributed by atoms with Gasteiger partial charge in [-0.05, 0) is 49.6 Å². The highest BCUT2D eigenvalue weighted by Gasteiger charge is 2.16. The Balaban J connectivity index is 1.99. The number of nitrogens with one attached hydrogen (secondary N) is 1. The maximum absolute atomic E-state index is 12.5. The summed E-state index contributed by atoms with van der Waals surface area (Å²) < 4.78 is 4.69. The molecular weight excluding hydrogens is 356 g/mol. The van der Waals surface area contributed by atoms with Crippen molar-refractivity contribution in [2.45, 2.75) is 27.2 Å². The smallest absolute Gasteiger partial charge is 0.337 e. The number of esters is 1. The molecule has 0 heterocycles. The van der Waals surface area contributed by atoms with Crippen molar-refractivity contribution in [2.75, 3.05) is 26.0 Å². The predicted octanol–water partition coefficient (Wildman–Crippen LogP) is 3.04. The Kier molecular flexibility index (Phi) is 6.93. The van der Waals surface area contributed by atoms with Crippen LogP contribution in [0, 0.1) is 20.8 Å². The Hall–Kier alpha value is -3.15. The minimum absolute atomic E-state index is 0.0533. The van der Waals surface area contributed by atoms with Crippen LogP contribution in [0.2, 0.25) is 0 Å². The molecule has 0 unspecified atom stereocenters. The van der Waals surface area contributed by atoms with Crippen LogP contribution in [0.1, 0.15) is 32.6 Å². The van der Waals surface area contributed by atoms with Crippen molar-refractivity contribution in [3.63, 3.8) is 0 Å². The minimum atomic E-state index is -0.453. The van der Waals surface area contributed by atoms with Crippen molar-refractivity contribution in [1.29, 1.82) is 0 Å². The van der Waals surface area contributed by atoms with Crippen molar-refractivity contribution in [3.8, 4) is 0 Å². The zero-order valence-electron chi connectivity index (χ0n) is 17.0. The van der Waals surface area contributed by atoms with Gasteiger partial charge in [0.05, 0.1) is 25.6 Å². The van der Waals surface area contributed by atoms with Gasteiger partial charge in [-0.15, -0.1) is 0 Å². The second-order valence-corrected chi connectivity index (χ2v) is 6.94. The molecule has 2 aromatic rings. The van der Waals surface area contributed by atoms with Crippen molar-refractivity contribution in [1.82, 2.24) is 4.90 Å². The quantitative estimate of drug-likeness (QED) is 0.779. The van der Waals surface area contributed by atoms with E-state index in [-0.39, 0.29) is 24.8 Å². The Morgan fingerprint density at radius 3 is 2.29 bits per heavy atom. The minimum Gasteiger partial charge on any atom is -0.465 e. The summed E-state index contributed by atoms with van der Waals surface area (Å²) in [5.41, 5.74) is 4.96. The number of anilines is 1. The van der Waals surface area contributed by atoms with Gasteiger partial charge in [0.2, 0.25) is 11.8 Å². The first-order chi connectivity index (χ1) is 13.2. The van der Waals surface area contributed by atoms with E-state index >= 15 is 0 Å². The molecule has 0 spiro atoms. The Morgan fingerprint density at radius 2 is 1.68 bits per heavy atom. The summed E-state index contributed by atoms with van der Waals surface area (Å²) in [6.45, 7) is 5.84. The average Bonchev–Trinajstić information content (AvgIpc) is 2.64. The lowest BCUT2D eigenvalue weighted by molar-refractivity contribution is -0.132. The van der Waals surface area contributed by atoms with Crippen LogP contribution in [0.3, 0.4) is 0 Å². The molecule has 0 saturated carbocycles. The maximum Gasteiger partial charge on any atom is 0.337 e. The molecule has 0 radical (unpaired) electrons. The van der Waals surface area contributed by atoms with Gasteiger partial charge in [0.15, 0.2) is 0 Å². The highest BCUT2D eigenvalue weighted by Crippen LogP contribution is 2.21. The number of carbonyl (C=O) groups excluding carboxylic acids is 3. The molecule has 0 fully saturated rings. The van der Waals surface area contributed by atoms with Crippen LogP contribution in [0.5, 0.6) is 0 Å². The van der Waals surface area contributed by atoms with Gasteiger partial charge >= 0.3 is 5.97 Å². The molecule has 0 aliphatic rings. The van der Waals surface area contributed by atoms with E-state index in [2.05, 4.69) is 5.32 Å². The van der Waals surface area contributed by atoms with Crippen LogP contribution >= 0.6 is 0 Å². The molecular formula is C22H26N2O4. The third-order valence-electron chi connectivity index (χ3n) is 4.45. The van der Waals surface area contributed by atoms with E-state index in [1.807, 2.05) is 32.9 Å². The number of likely N-dealkylation sites (N-methyl/N-ethyl adjacent to an activating group) is 1. The van der Waals surface area contributed by atoms with Gasteiger partial charge in [-0.2, -0.15) is 0 Å². The van der Waals surface area contributed by atoms with Gasteiger partial charge in [0.1, 0.15) is 0 Å². The monoisotopic (exact) mass is 382 g/mol. The van der Waals surface area contributed by atoms with Gasteiger partial charge in [-0.1, -0.05) is 29.8 Å². The zero-order chi connectivity index (χ0) is 20.8. The number of aryl methyl sites for hydroxylation is 3. The molecule has 2 amide bonds. The van der Waals surface area contributed by atoms with E-state index in [1.54, 1.807) is 31.3 Å². The third kappa shape index (κ3) is 5.42. The standard InChI is InChI=1S/C22H26N2O4/c1-14-9-15(2)21(16(3)10-14)23-19(25)13-24(4)20(26)12-17-7-6-8-18(11-17)22(27)28-5/h6-11H,12-13H2,1-5H3,(H,23,25). The first-order valence-electron chi connectivity index (χ1n) is 9.00. The summed E-state index contributed by atoms with van der Waals surface area (Å²) in [7, 11) is 2.89. The Bertz CT molecular complexity index is 882. The topological polar surface area (TPSA) is 75.7 Å². The van der Waals surface area contributed by atoms with Crippen LogP contribution in [0.4, 0.5) is 5.69 Å². The molecule has 148 valence electrons. The van der Waals surface area contributed by atoms with Crippen molar-refractivity contribution in [3.05, 3.63) is 64.2 Å². The van der Waals surface area contributed by atoms with Crippen molar-refractivity contribution < 1.29 is 19.1 Å². The van der Waals surface area contributed by atoms with Crippen molar-refractivity contribution >= 4 is 23.5 Å². The highest BCUT2D eigenvalue weighted by atomic mass is 16.5. The summed E-state index contributed by atoms with van der Waals surface area (Å²) in [6.07, 6.45) is 0.0944. The lowest BCUT2D eigenvalue weighted by Crippen LogP contribution is -2.36. The Morgan fingerprint density at radius 1 is 1.04 bits per heavy atom. The van der Waals surface area contributed by atoms with Gasteiger partial charge in [0, 0.05) is 12.7 Å². The van der Waals surface area contributed by atoms with Crippen molar-refractivity contribution in [2.24, 2.45) is 0 Å². The normalized spacial score (nSPS) is 10.3. The second-order valence-electron chi connectivity index (χ2n) is 6.94. The van der Waals surface area contributed by atoms with E-state index in [0.29, 0.717) is 11.1 Å². The van der Waals surface area contributed by atoms with Gasteiger partial charge in [0.25, 0.3) is 0 Å². The number of benzene rings is 2. The van der Waals surface area contributed by atoms with E-state index in [9.17, 15) is 14.4 Å². The van der Waals surface area contributed by atoms with E-state index in [0.717, 1.165) is 22.4 Å². The molecule has 2 rings (SSSR count). The maximum atomic E-state index is 12.5. The van der Waals surface area contributed by atoms with Gasteiger partial charge in [-0.25, -0.2) is 4.79 Å². The van der Waals surface area contributed by atoms with E-state index < -0.39 is 5.97 Å². The van der Waals surface area contributed by atoms with Crippen LogP contribution < -0.4 is 5.32 Å². The lowest BCUT2D eigenvalue weighted by atomic mass is 10.1. The first kappa shape index (κ1) is 21.2. The van der Waals surface area contributed by atoms with Crippen LogP contribution in [-0.2, 0) is 20.7 Å². The number of hydrogen-bond acceptors (Lipinski definition) is 4. The van der Waals surface area contributed by atoms with Crippen LogP contribution in [-0.4, -0.2) is 43.4 Å². The summed E-state index contributed by atoms with van der Waals surface area (Å²) in [4.78, 5) is 37.8. The van der Waals surface area contributed by atoms with Crippen LogP contribution in [0.25, 0.3) is 0 Å². The number of hydrogen-bond donors (Lipinski definition) is 1. The molecule has 0 aliphatic heterocycles. The van der Waals surface area contributed by atoms with E-state index in [1.165, 1.54) is 12.0 Å². The molecule has 2 aromatic carbocycles. The fraction of sp³-hybridized carbons (Fsp3) is 0.318. The largest absolute Gasteiger partial charge is 0.465 e. The molecule has 0 saturated heterocycles. The van der Waals surface area contributed by atoms with E-state index in [4.69, 9.17) is 4.74 Å². The zero-order valence-corrected chi connectivity index (χ0v) is 17.0. The third-order valence-corrected chi connectivity index (χ3v) is 4.45. The average molecular weight is 382 g/mol. The van der Waals surface area contributed by atoms with Gasteiger partial charge < -0.3 is 15.0 Å². The molecule has 0 aliphatic carbocycles.